The van der Waals surface area contributed by atoms with Crippen molar-refractivity contribution in [3.63, 3.8) is 0 Å². The number of aliphatic hydroxyl groups is 1. The van der Waals surface area contributed by atoms with Crippen molar-refractivity contribution in [3.8, 4) is 0 Å². The highest BCUT2D eigenvalue weighted by molar-refractivity contribution is 9.10. The van der Waals surface area contributed by atoms with Crippen molar-refractivity contribution < 1.29 is 9.90 Å². The van der Waals surface area contributed by atoms with Gasteiger partial charge in [0.25, 0.3) is 5.56 Å². The zero-order chi connectivity index (χ0) is 14.6. The molecule has 0 radical (unpaired) electrons. The van der Waals surface area contributed by atoms with Crippen molar-refractivity contribution in [2.45, 2.75) is 19.5 Å². The van der Waals surface area contributed by atoms with Crippen molar-refractivity contribution in [3.05, 3.63) is 21.0 Å². The Kier molecular flexibility index (Phi) is 5.49. The van der Waals surface area contributed by atoms with Gasteiger partial charge in [0.05, 0.1) is 25.0 Å². The summed E-state index contributed by atoms with van der Waals surface area (Å²) in [6, 6.07) is -0.471. The van der Waals surface area contributed by atoms with Gasteiger partial charge in [0, 0.05) is 14.1 Å². The fraction of sp³-hybridized carbons (Fsp3) is 0.545. The molecule has 0 aliphatic carbocycles. The summed E-state index contributed by atoms with van der Waals surface area (Å²) in [6.07, 6.45) is 1.45. The highest BCUT2D eigenvalue weighted by Gasteiger charge is 2.17. The first-order valence-corrected chi connectivity index (χ1v) is 6.52. The molecule has 0 fully saturated rings. The number of carbonyl (C=O) groups is 1. The second-order valence-corrected chi connectivity index (χ2v) is 5.02. The van der Waals surface area contributed by atoms with Crippen LogP contribution < -0.4 is 10.9 Å². The van der Waals surface area contributed by atoms with Gasteiger partial charge in [0.2, 0.25) is 5.91 Å². The minimum atomic E-state index is -0.471. The summed E-state index contributed by atoms with van der Waals surface area (Å²) in [7, 11) is 3.32. The van der Waals surface area contributed by atoms with Crippen molar-refractivity contribution in [2.24, 2.45) is 0 Å². The normalized spacial score (nSPS) is 12.1. The number of aromatic nitrogens is 2. The molecule has 1 amide bonds. The van der Waals surface area contributed by atoms with E-state index in [1.54, 1.807) is 21.0 Å². The third-order valence-electron chi connectivity index (χ3n) is 2.48. The molecule has 1 atom stereocenters. The molecule has 2 N–H and O–H groups in total. The van der Waals surface area contributed by atoms with Crippen LogP contribution in [-0.4, -0.2) is 52.4 Å². The zero-order valence-corrected chi connectivity index (χ0v) is 12.6. The minimum Gasteiger partial charge on any atom is -0.394 e. The van der Waals surface area contributed by atoms with Gasteiger partial charge in [-0.05, 0) is 22.9 Å². The SMILES string of the molecule is CC(Nc1cnn(CCO)c(=O)c1Br)C(=O)N(C)C. The van der Waals surface area contributed by atoms with E-state index in [0.717, 1.165) is 4.68 Å². The Morgan fingerprint density at radius 2 is 2.26 bits per heavy atom. The first-order valence-electron chi connectivity index (χ1n) is 5.72. The highest BCUT2D eigenvalue weighted by atomic mass is 79.9. The van der Waals surface area contributed by atoms with E-state index in [9.17, 15) is 9.59 Å². The topological polar surface area (TPSA) is 87.5 Å². The lowest BCUT2D eigenvalue weighted by molar-refractivity contribution is -0.129. The fourth-order valence-electron chi connectivity index (χ4n) is 1.50. The molecule has 0 bridgehead atoms. The molecule has 1 unspecified atom stereocenters. The number of likely N-dealkylation sites (N-methyl/N-ethyl adjacent to an activating group) is 1. The monoisotopic (exact) mass is 332 g/mol. The average Bonchev–Trinajstić information content (AvgIpc) is 2.37. The number of nitrogens with zero attached hydrogens (tertiary/aromatic N) is 3. The number of hydrogen-bond donors (Lipinski definition) is 2. The van der Waals surface area contributed by atoms with Crippen LogP contribution >= 0.6 is 15.9 Å². The van der Waals surface area contributed by atoms with Crippen molar-refractivity contribution in [1.29, 1.82) is 0 Å². The Morgan fingerprint density at radius 1 is 1.63 bits per heavy atom. The summed E-state index contributed by atoms with van der Waals surface area (Å²) >= 11 is 3.17. The first kappa shape index (κ1) is 15.6. The Labute approximate surface area is 119 Å². The Hall–Kier alpha value is -1.41. The molecular weight excluding hydrogens is 316 g/mol. The largest absolute Gasteiger partial charge is 0.394 e. The second-order valence-electron chi connectivity index (χ2n) is 4.22. The lowest BCUT2D eigenvalue weighted by Crippen LogP contribution is -2.37. The molecule has 106 valence electrons. The molecule has 1 rings (SSSR count). The lowest BCUT2D eigenvalue weighted by Gasteiger charge is -2.19. The van der Waals surface area contributed by atoms with Gasteiger partial charge in [0.15, 0.2) is 0 Å². The lowest BCUT2D eigenvalue weighted by atomic mass is 10.3. The number of rotatable bonds is 5. The van der Waals surface area contributed by atoms with E-state index in [1.165, 1.54) is 11.1 Å². The average molecular weight is 333 g/mol. The van der Waals surface area contributed by atoms with Gasteiger partial charge in [0.1, 0.15) is 10.5 Å². The van der Waals surface area contributed by atoms with E-state index >= 15 is 0 Å². The smallest absolute Gasteiger partial charge is 0.283 e. The summed E-state index contributed by atoms with van der Waals surface area (Å²) in [5.41, 5.74) is 0.0884. The van der Waals surface area contributed by atoms with E-state index in [4.69, 9.17) is 5.11 Å². The van der Waals surface area contributed by atoms with Crippen LogP contribution in [0.4, 0.5) is 5.69 Å². The van der Waals surface area contributed by atoms with E-state index < -0.39 is 6.04 Å². The summed E-state index contributed by atoms with van der Waals surface area (Å²) in [6.45, 7) is 1.67. The van der Waals surface area contributed by atoms with Crippen molar-refractivity contribution in [2.75, 3.05) is 26.0 Å². The summed E-state index contributed by atoms with van der Waals surface area (Å²) in [4.78, 5) is 25.1. The maximum absolute atomic E-state index is 11.9. The third kappa shape index (κ3) is 3.77. The number of carbonyl (C=O) groups excluding carboxylic acids is 1. The Balaban J connectivity index is 2.95. The predicted octanol–water partition coefficient (Wildman–Crippen LogP) is -0.113. The zero-order valence-electron chi connectivity index (χ0n) is 11.1. The van der Waals surface area contributed by atoms with Crippen LogP contribution in [0.1, 0.15) is 6.92 Å². The first-order chi connectivity index (χ1) is 8.88. The van der Waals surface area contributed by atoms with Gasteiger partial charge in [-0.25, -0.2) is 4.68 Å². The molecule has 1 aromatic heterocycles. The van der Waals surface area contributed by atoms with E-state index in [2.05, 4.69) is 26.3 Å². The molecule has 7 nitrogen and oxygen atoms in total. The number of anilines is 1. The van der Waals surface area contributed by atoms with Gasteiger partial charge in [-0.3, -0.25) is 9.59 Å². The van der Waals surface area contributed by atoms with Gasteiger partial charge in [-0.1, -0.05) is 0 Å². The van der Waals surface area contributed by atoms with Crippen LogP contribution in [0.5, 0.6) is 0 Å². The van der Waals surface area contributed by atoms with Crippen molar-refractivity contribution >= 4 is 27.5 Å². The van der Waals surface area contributed by atoms with Crippen LogP contribution in [0.15, 0.2) is 15.5 Å². The molecule has 0 saturated heterocycles. The molecule has 0 aliphatic heterocycles. The Morgan fingerprint density at radius 3 is 2.79 bits per heavy atom. The fourth-order valence-corrected chi connectivity index (χ4v) is 1.92. The van der Waals surface area contributed by atoms with Crippen LogP contribution in [0, 0.1) is 0 Å². The molecule has 0 aliphatic rings. The molecule has 8 heteroatoms. The van der Waals surface area contributed by atoms with Crippen molar-refractivity contribution in [1.82, 2.24) is 14.7 Å². The number of halogens is 1. The molecule has 1 aromatic rings. The van der Waals surface area contributed by atoms with E-state index in [1.807, 2.05) is 0 Å². The number of amides is 1. The number of nitrogens with one attached hydrogen (secondary N) is 1. The van der Waals surface area contributed by atoms with E-state index in [0.29, 0.717) is 5.69 Å². The third-order valence-corrected chi connectivity index (χ3v) is 3.25. The Bertz CT molecular complexity index is 515. The quantitative estimate of drug-likeness (QED) is 0.785. The van der Waals surface area contributed by atoms with Gasteiger partial charge < -0.3 is 15.3 Å². The van der Waals surface area contributed by atoms with Crippen LogP contribution in [-0.2, 0) is 11.3 Å². The number of aliphatic hydroxyl groups excluding tert-OH is 1. The highest BCUT2D eigenvalue weighted by Crippen LogP contribution is 2.17. The predicted molar refractivity (Wildman–Crippen MR) is 75.1 cm³/mol. The van der Waals surface area contributed by atoms with Crippen LogP contribution in [0.3, 0.4) is 0 Å². The standard InChI is InChI=1S/C11H17BrN4O3/c1-7(10(18)15(2)3)14-8-6-13-16(4-5-17)11(19)9(8)12/h6-7,14,17H,4-5H2,1-3H3. The number of hydrogen-bond acceptors (Lipinski definition) is 5. The molecular formula is C11H17BrN4O3. The molecule has 19 heavy (non-hydrogen) atoms. The maximum atomic E-state index is 11.9. The summed E-state index contributed by atoms with van der Waals surface area (Å²) < 4.78 is 1.43. The summed E-state index contributed by atoms with van der Waals surface area (Å²) in [5.74, 6) is -0.105. The van der Waals surface area contributed by atoms with Gasteiger partial charge in [-0.2, -0.15) is 5.10 Å². The second kappa shape index (κ2) is 6.67. The van der Waals surface area contributed by atoms with Gasteiger partial charge >= 0.3 is 0 Å². The van der Waals surface area contributed by atoms with Gasteiger partial charge in [-0.15, -0.1) is 0 Å². The minimum absolute atomic E-state index is 0.105. The van der Waals surface area contributed by atoms with Crippen LogP contribution in [0.2, 0.25) is 0 Å². The van der Waals surface area contributed by atoms with Crippen LogP contribution in [0.25, 0.3) is 0 Å². The summed E-state index contributed by atoms with van der Waals surface area (Å²) in [5, 5.41) is 15.6. The molecule has 0 aromatic carbocycles. The molecule has 0 saturated carbocycles. The molecule has 1 heterocycles. The van der Waals surface area contributed by atoms with E-state index in [-0.39, 0.29) is 29.1 Å². The maximum Gasteiger partial charge on any atom is 0.283 e. The molecule has 0 spiro atoms.